The van der Waals surface area contributed by atoms with Crippen molar-refractivity contribution in [2.75, 3.05) is 0 Å². The largest absolute Gasteiger partial charge is 0.352 e. The lowest BCUT2D eigenvalue weighted by Crippen LogP contribution is -2.26. The van der Waals surface area contributed by atoms with Crippen LogP contribution in [0.4, 0.5) is 0 Å². The van der Waals surface area contributed by atoms with Crippen LogP contribution < -0.4 is 10.9 Å². The lowest BCUT2D eigenvalue weighted by molar-refractivity contribution is -0.121. The van der Waals surface area contributed by atoms with Gasteiger partial charge < -0.3 is 5.32 Å². The molecule has 0 aliphatic rings. The van der Waals surface area contributed by atoms with Gasteiger partial charge in [-0.05, 0) is 48.2 Å². The van der Waals surface area contributed by atoms with Gasteiger partial charge in [0.15, 0.2) is 5.16 Å². The van der Waals surface area contributed by atoms with E-state index in [1.165, 1.54) is 11.1 Å². The molecule has 4 rings (SSSR count). The molecule has 34 heavy (non-hydrogen) atoms. The number of aryl methyl sites for hydroxylation is 1. The van der Waals surface area contributed by atoms with Gasteiger partial charge in [0.1, 0.15) is 0 Å². The third-order valence-electron chi connectivity index (χ3n) is 5.66. The first kappa shape index (κ1) is 24.0. The molecule has 0 saturated heterocycles. The van der Waals surface area contributed by atoms with Gasteiger partial charge in [-0.15, -0.1) is 0 Å². The molecule has 0 radical (unpaired) electrons. The maximum absolute atomic E-state index is 13.2. The number of carbonyl (C=O) groups is 1. The summed E-state index contributed by atoms with van der Waals surface area (Å²) in [7, 11) is 0. The predicted molar refractivity (Wildman–Crippen MR) is 139 cm³/mol. The molecule has 0 aliphatic heterocycles. The molecular weight excluding hydrogens is 466 g/mol. The van der Waals surface area contributed by atoms with E-state index in [-0.39, 0.29) is 11.5 Å². The Morgan fingerprint density at radius 1 is 1.00 bits per heavy atom. The molecule has 1 aromatic heterocycles. The molecule has 1 amide bonds. The van der Waals surface area contributed by atoms with Gasteiger partial charge in [0.05, 0.1) is 10.9 Å². The van der Waals surface area contributed by atoms with Crippen LogP contribution in [-0.4, -0.2) is 15.5 Å². The van der Waals surface area contributed by atoms with Gasteiger partial charge in [0.2, 0.25) is 5.91 Å². The number of para-hydroxylation sites is 1. The Bertz CT molecular complexity index is 1370. The molecule has 1 heterocycles. The summed E-state index contributed by atoms with van der Waals surface area (Å²) < 4.78 is 1.70. The molecule has 1 N–H and O–H groups in total. The van der Waals surface area contributed by atoms with Crippen molar-refractivity contribution in [1.29, 1.82) is 0 Å². The summed E-state index contributed by atoms with van der Waals surface area (Å²) in [5, 5.41) is 4.80. The zero-order valence-corrected chi connectivity index (χ0v) is 20.5. The number of halogens is 1. The fraction of sp³-hybridized carbons (Fsp3) is 0.222. The van der Waals surface area contributed by atoms with E-state index in [4.69, 9.17) is 16.6 Å². The van der Waals surface area contributed by atoms with Crippen molar-refractivity contribution in [3.8, 4) is 0 Å². The molecule has 0 fully saturated rings. The van der Waals surface area contributed by atoms with Crippen molar-refractivity contribution in [1.82, 2.24) is 14.9 Å². The number of carbonyl (C=O) groups excluding carboxylic acids is 1. The van der Waals surface area contributed by atoms with Crippen molar-refractivity contribution in [2.45, 2.75) is 43.8 Å². The Kier molecular flexibility index (Phi) is 8.03. The smallest absolute Gasteiger partial charge is 0.262 e. The number of rotatable bonds is 9. The number of amides is 1. The van der Waals surface area contributed by atoms with E-state index in [1.807, 2.05) is 48.5 Å². The number of hydrogen-bond acceptors (Lipinski definition) is 4. The second-order valence-electron chi connectivity index (χ2n) is 8.06. The Hall–Kier alpha value is -3.09. The van der Waals surface area contributed by atoms with Gasteiger partial charge >= 0.3 is 0 Å². The van der Waals surface area contributed by atoms with Crippen LogP contribution in [0.1, 0.15) is 29.5 Å². The van der Waals surface area contributed by atoms with Crippen molar-refractivity contribution in [3.63, 3.8) is 0 Å². The Morgan fingerprint density at radius 2 is 1.71 bits per heavy atom. The summed E-state index contributed by atoms with van der Waals surface area (Å²) >= 11 is 7.71. The van der Waals surface area contributed by atoms with Crippen LogP contribution in [0.5, 0.6) is 0 Å². The molecule has 5 nitrogen and oxygen atoms in total. The van der Waals surface area contributed by atoms with E-state index in [9.17, 15) is 9.59 Å². The molecule has 0 saturated carbocycles. The van der Waals surface area contributed by atoms with Crippen molar-refractivity contribution >= 4 is 40.2 Å². The lowest BCUT2D eigenvalue weighted by atomic mass is 10.1. The number of thioether (sulfide) groups is 1. The summed E-state index contributed by atoms with van der Waals surface area (Å²) in [6.07, 6.45) is 0.845. The van der Waals surface area contributed by atoms with Crippen LogP contribution in [0.15, 0.2) is 82.7 Å². The van der Waals surface area contributed by atoms with Crippen molar-refractivity contribution in [3.05, 3.63) is 105 Å². The lowest BCUT2D eigenvalue weighted by Gasteiger charge is -2.14. The van der Waals surface area contributed by atoms with Gasteiger partial charge in [0.25, 0.3) is 5.56 Å². The van der Waals surface area contributed by atoms with E-state index < -0.39 is 0 Å². The van der Waals surface area contributed by atoms with Crippen LogP contribution in [0.3, 0.4) is 0 Å². The van der Waals surface area contributed by atoms with Crippen LogP contribution in [0.2, 0.25) is 5.02 Å². The third kappa shape index (κ3) is 5.88. The molecule has 4 aromatic rings. The minimum atomic E-state index is -0.0747. The first-order chi connectivity index (χ1) is 16.5. The SMILES string of the molecule is Cc1ccccc1CSc1nc2ccccc2c(=O)n1CCCC(=O)NCc1ccccc1Cl. The summed E-state index contributed by atoms with van der Waals surface area (Å²) in [6.45, 7) is 2.89. The summed E-state index contributed by atoms with van der Waals surface area (Å²) in [5.74, 6) is 0.645. The first-order valence-corrected chi connectivity index (χ1v) is 12.6. The molecule has 0 spiro atoms. The number of nitrogens with one attached hydrogen (secondary N) is 1. The van der Waals surface area contributed by atoms with Crippen LogP contribution in [-0.2, 0) is 23.6 Å². The van der Waals surface area contributed by atoms with E-state index in [1.54, 1.807) is 28.5 Å². The minimum Gasteiger partial charge on any atom is -0.352 e. The van der Waals surface area contributed by atoms with Crippen molar-refractivity contribution in [2.24, 2.45) is 0 Å². The molecule has 0 aliphatic carbocycles. The van der Waals surface area contributed by atoms with Gasteiger partial charge in [-0.2, -0.15) is 0 Å². The third-order valence-corrected chi connectivity index (χ3v) is 7.06. The number of fused-ring (bicyclic) bond motifs is 1. The standard InChI is InChI=1S/C27H26ClN3O2S/c1-19-9-2-3-11-21(19)18-34-27-30-24-14-7-5-12-22(24)26(33)31(27)16-8-15-25(32)29-17-20-10-4-6-13-23(20)28/h2-7,9-14H,8,15-18H2,1H3,(H,29,32). The minimum absolute atomic E-state index is 0.0733. The molecule has 0 atom stereocenters. The van der Waals surface area contributed by atoms with Gasteiger partial charge in [0, 0.05) is 30.3 Å². The van der Waals surface area contributed by atoms with Crippen LogP contribution in [0.25, 0.3) is 10.9 Å². The Morgan fingerprint density at radius 3 is 2.50 bits per heavy atom. The Labute approximate surface area is 208 Å². The normalized spacial score (nSPS) is 11.0. The van der Waals surface area contributed by atoms with Crippen LogP contribution in [0, 0.1) is 6.92 Å². The maximum Gasteiger partial charge on any atom is 0.262 e. The summed E-state index contributed by atoms with van der Waals surface area (Å²) in [4.78, 5) is 30.4. The molecule has 7 heteroatoms. The maximum atomic E-state index is 13.2. The van der Waals surface area contributed by atoms with E-state index in [0.29, 0.717) is 47.0 Å². The predicted octanol–water partition coefficient (Wildman–Crippen LogP) is 5.75. The van der Waals surface area contributed by atoms with Crippen molar-refractivity contribution < 1.29 is 4.79 Å². The second-order valence-corrected chi connectivity index (χ2v) is 9.40. The van der Waals surface area contributed by atoms with E-state index >= 15 is 0 Å². The van der Waals surface area contributed by atoms with E-state index in [2.05, 4.69) is 24.4 Å². The number of nitrogens with zero attached hydrogens (tertiary/aromatic N) is 2. The zero-order chi connectivity index (χ0) is 23.9. The topological polar surface area (TPSA) is 64.0 Å². The Balaban J connectivity index is 1.45. The highest BCUT2D eigenvalue weighted by molar-refractivity contribution is 7.98. The number of hydrogen-bond donors (Lipinski definition) is 1. The second kappa shape index (κ2) is 11.4. The highest BCUT2D eigenvalue weighted by Crippen LogP contribution is 2.24. The van der Waals surface area contributed by atoms with Gasteiger partial charge in [-0.1, -0.05) is 78.0 Å². The summed E-state index contributed by atoms with van der Waals surface area (Å²) in [6, 6.07) is 23.0. The fourth-order valence-electron chi connectivity index (χ4n) is 3.69. The fourth-order valence-corrected chi connectivity index (χ4v) is 5.00. The summed E-state index contributed by atoms with van der Waals surface area (Å²) in [5.41, 5.74) is 3.91. The molecule has 174 valence electrons. The van der Waals surface area contributed by atoms with Gasteiger partial charge in [-0.3, -0.25) is 14.2 Å². The highest BCUT2D eigenvalue weighted by atomic mass is 35.5. The quantitative estimate of drug-likeness (QED) is 0.239. The van der Waals surface area contributed by atoms with Gasteiger partial charge in [-0.25, -0.2) is 4.98 Å². The molecule has 3 aromatic carbocycles. The first-order valence-electron chi connectivity index (χ1n) is 11.2. The zero-order valence-electron chi connectivity index (χ0n) is 19.0. The molecule has 0 unspecified atom stereocenters. The molecular formula is C27H26ClN3O2S. The van der Waals surface area contributed by atoms with E-state index in [0.717, 1.165) is 11.3 Å². The average molecular weight is 492 g/mol. The number of benzene rings is 3. The van der Waals surface area contributed by atoms with Crippen LogP contribution >= 0.6 is 23.4 Å². The highest BCUT2D eigenvalue weighted by Gasteiger charge is 2.13. The average Bonchev–Trinajstić information content (AvgIpc) is 2.84. The molecule has 0 bridgehead atoms. The monoisotopic (exact) mass is 491 g/mol. The number of aromatic nitrogens is 2.